The number of benzene rings is 1. The molecule has 1 saturated carbocycles. The number of allylic oxidation sites excluding steroid dienone is 2. The summed E-state index contributed by atoms with van der Waals surface area (Å²) in [6.07, 6.45) is 12.1. The fraction of sp³-hybridized carbons (Fsp3) is 0.348. The van der Waals surface area contributed by atoms with E-state index in [2.05, 4.69) is 35.9 Å². The van der Waals surface area contributed by atoms with Gasteiger partial charge in [-0.2, -0.15) is 0 Å². The van der Waals surface area contributed by atoms with E-state index < -0.39 is 11.6 Å². The number of rotatable bonds is 3. The lowest BCUT2D eigenvalue weighted by molar-refractivity contribution is 0.364. The predicted octanol–water partition coefficient (Wildman–Crippen LogP) is 6.15. The summed E-state index contributed by atoms with van der Waals surface area (Å²) in [4.78, 5) is 4.33. The molecule has 3 rings (SSSR count). The SMILES string of the molecule is CCC=CC1CCC(C#Cc2ccc(-c3ccc(F)c(F)c3)nc2)CC1. The van der Waals surface area contributed by atoms with Crippen LogP contribution in [0.15, 0.2) is 48.7 Å². The molecule has 0 spiro atoms. The molecular formula is C23H23F2N. The molecule has 1 aliphatic carbocycles. The minimum absolute atomic E-state index is 0.451. The number of hydrogen-bond acceptors (Lipinski definition) is 1. The van der Waals surface area contributed by atoms with Crippen LogP contribution in [0.3, 0.4) is 0 Å². The van der Waals surface area contributed by atoms with Crippen LogP contribution in [0.4, 0.5) is 8.78 Å². The second kappa shape index (κ2) is 8.76. The van der Waals surface area contributed by atoms with E-state index in [9.17, 15) is 8.78 Å². The Morgan fingerprint density at radius 3 is 2.54 bits per heavy atom. The highest BCUT2D eigenvalue weighted by molar-refractivity contribution is 5.59. The molecule has 0 unspecified atom stereocenters. The molecule has 1 fully saturated rings. The lowest BCUT2D eigenvalue weighted by Crippen LogP contribution is -2.11. The summed E-state index contributed by atoms with van der Waals surface area (Å²) in [5.74, 6) is 6.02. The van der Waals surface area contributed by atoms with Crippen molar-refractivity contribution >= 4 is 0 Å². The lowest BCUT2D eigenvalue weighted by Gasteiger charge is -2.23. The Balaban J connectivity index is 1.61. The Morgan fingerprint density at radius 2 is 1.88 bits per heavy atom. The first-order valence-corrected chi connectivity index (χ1v) is 9.25. The molecule has 1 aromatic heterocycles. The number of aromatic nitrogens is 1. The molecule has 0 aliphatic heterocycles. The smallest absolute Gasteiger partial charge is 0.159 e. The molecular weight excluding hydrogens is 328 g/mol. The van der Waals surface area contributed by atoms with Crippen LogP contribution in [-0.2, 0) is 0 Å². The fourth-order valence-corrected chi connectivity index (χ4v) is 3.26. The highest BCUT2D eigenvalue weighted by Crippen LogP contribution is 2.29. The van der Waals surface area contributed by atoms with Gasteiger partial charge in [-0.05, 0) is 68.4 Å². The molecule has 0 radical (unpaired) electrons. The first-order chi connectivity index (χ1) is 12.7. The monoisotopic (exact) mass is 351 g/mol. The Kier molecular flexibility index (Phi) is 6.17. The molecule has 0 N–H and O–H groups in total. The molecule has 0 atom stereocenters. The summed E-state index contributed by atoms with van der Waals surface area (Å²) in [6, 6.07) is 7.48. The zero-order chi connectivity index (χ0) is 18.4. The second-order valence-electron chi connectivity index (χ2n) is 6.78. The highest BCUT2D eigenvalue weighted by atomic mass is 19.2. The van der Waals surface area contributed by atoms with Crippen molar-refractivity contribution in [3.8, 4) is 23.1 Å². The van der Waals surface area contributed by atoms with Crippen molar-refractivity contribution in [1.29, 1.82) is 0 Å². The third-order valence-electron chi connectivity index (χ3n) is 4.82. The summed E-state index contributed by atoms with van der Waals surface area (Å²) < 4.78 is 26.4. The van der Waals surface area contributed by atoms with Crippen molar-refractivity contribution in [1.82, 2.24) is 4.98 Å². The first kappa shape index (κ1) is 18.3. The van der Waals surface area contributed by atoms with E-state index in [1.807, 2.05) is 6.07 Å². The van der Waals surface area contributed by atoms with Crippen LogP contribution in [0.1, 0.15) is 44.6 Å². The maximum Gasteiger partial charge on any atom is 0.159 e. The molecule has 0 amide bonds. The molecule has 0 bridgehead atoms. The number of pyridine rings is 1. The van der Waals surface area contributed by atoms with Crippen molar-refractivity contribution in [3.63, 3.8) is 0 Å². The molecule has 1 aromatic carbocycles. The van der Waals surface area contributed by atoms with Gasteiger partial charge in [0.15, 0.2) is 11.6 Å². The van der Waals surface area contributed by atoms with Crippen LogP contribution in [0.25, 0.3) is 11.3 Å². The van der Waals surface area contributed by atoms with Crippen LogP contribution < -0.4 is 0 Å². The summed E-state index contributed by atoms with van der Waals surface area (Å²) in [5, 5.41) is 0. The van der Waals surface area contributed by atoms with Crippen molar-refractivity contribution < 1.29 is 8.78 Å². The van der Waals surface area contributed by atoms with Crippen LogP contribution in [0, 0.1) is 35.3 Å². The van der Waals surface area contributed by atoms with Gasteiger partial charge in [-0.1, -0.05) is 30.9 Å². The summed E-state index contributed by atoms with van der Waals surface area (Å²) in [7, 11) is 0. The lowest BCUT2D eigenvalue weighted by atomic mass is 9.82. The topological polar surface area (TPSA) is 12.9 Å². The maximum absolute atomic E-state index is 13.3. The van der Waals surface area contributed by atoms with Gasteiger partial charge in [0.1, 0.15) is 0 Å². The minimum atomic E-state index is -0.863. The zero-order valence-corrected chi connectivity index (χ0v) is 15.0. The van der Waals surface area contributed by atoms with E-state index in [1.165, 1.54) is 18.9 Å². The van der Waals surface area contributed by atoms with Gasteiger partial charge >= 0.3 is 0 Å². The largest absolute Gasteiger partial charge is 0.255 e. The minimum Gasteiger partial charge on any atom is -0.255 e. The molecule has 26 heavy (non-hydrogen) atoms. The van der Waals surface area contributed by atoms with Gasteiger partial charge in [0, 0.05) is 23.2 Å². The van der Waals surface area contributed by atoms with Crippen LogP contribution in [0.5, 0.6) is 0 Å². The van der Waals surface area contributed by atoms with Gasteiger partial charge in [0.25, 0.3) is 0 Å². The van der Waals surface area contributed by atoms with Gasteiger partial charge in [0.05, 0.1) is 5.69 Å². The molecule has 134 valence electrons. The van der Waals surface area contributed by atoms with Crippen LogP contribution in [0.2, 0.25) is 0 Å². The molecule has 2 aromatic rings. The van der Waals surface area contributed by atoms with Crippen molar-refractivity contribution in [2.75, 3.05) is 0 Å². The van der Waals surface area contributed by atoms with E-state index in [-0.39, 0.29) is 0 Å². The third kappa shape index (κ3) is 4.79. The van der Waals surface area contributed by atoms with Crippen LogP contribution >= 0.6 is 0 Å². The Hall–Kier alpha value is -2.47. The van der Waals surface area contributed by atoms with Gasteiger partial charge in [-0.3, -0.25) is 4.98 Å². The van der Waals surface area contributed by atoms with E-state index in [0.29, 0.717) is 23.1 Å². The van der Waals surface area contributed by atoms with Crippen molar-refractivity contribution in [2.24, 2.45) is 11.8 Å². The van der Waals surface area contributed by atoms with Crippen molar-refractivity contribution in [2.45, 2.75) is 39.0 Å². The van der Waals surface area contributed by atoms with Gasteiger partial charge in [-0.25, -0.2) is 8.78 Å². The zero-order valence-electron chi connectivity index (χ0n) is 15.0. The predicted molar refractivity (Wildman–Crippen MR) is 101 cm³/mol. The van der Waals surface area contributed by atoms with Gasteiger partial charge in [-0.15, -0.1) is 0 Å². The number of nitrogens with zero attached hydrogens (tertiary/aromatic N) is 1. The van der Waals surface area contributed by atoms with Crippen LogP contribution in [-0.4, -0.2) is 4.98 Å². The fourth-order valence-electron chi connectivity index (χ4n) is 3.26. The Labute approximate surface area is 154 Å². The van der Waals surface area contributed by atoms with E-state index in [0.717, 1.165) is 37.0 Å². The van der Waals surface area contributed by atoms with Gasteiger partial charge < -0.3 is 0 Å². The summed E-state index contributed by atoms with van der Waals surface area (Å²) in [6.45, 7) is 2.17. The quantitative estimate of drug-likeness (QED) is 0.477. The maximum atomic E-state index is 13.3. The first-order valence-electron chi connectivity index (χ1n) is 9.25. The molecule has 1 nitrogen and oxygen atoms in total. The normalized spacial score (nSPS) is 20.0. The summed E-state index contributed by atoms with van der Waals surface area (Å²) in [5.41, 5.74) is 2.02. The average molecular weight is 351 g/mol. The van der Waals surface area contributed by atoms with E-state index in [4.69, 9.17) is 0 Å². The summed E-state index contributed by atoms with van der Waals surface area (Å²) >= 11 is 0. The number of hydrogen-bond donors (Lipinski definition) is 0. The molecule has 0 saturated heterocycles. The standard InChI is InChI=1S/C23H23F2N/c1-2-3-4-17-5-7-18(8-6-17)9-10-19-11-14-23(26-16-19)20-12-13-21(24)22(25)15-20/h3-4,11-18H,2,5-8H2,1H3. The average Bonchev–Trinajstić information content (AvgIpc) is 2.68. The number of halogens is 2. The van der Waals surface area contributed by atoms with Gasteiger partial charge in [0.2, 0.25) is 0 Å². The Morgan fingerprint density at radius 1 is 1.08 bits per heavy atom. The second-order valence-corrected chi connectivity index (χ2v) is 6.78. The van der Waals surface area contributed by atoms with E-state index >= 15 is 0 Å². The highest BCUT2D eigenvalue weighted by Gasteiger charge is 2.17. The Bertz CT molecular complexity index is 820. The molecule has 1 heterocycles. The third-order valence-corrected chi connectivity index (χ3v) is 4.82. The van der Waals surface area contributed by atoms with Crippen molar-refractivity contribution in [3.05, 3.63) is 65.9 Å². The molecule has 1 aliphatic rings. The van der Waals surface area contributed by atoms with E-state index in [1.54, 1.807) is 12.3 Å². The molecule has 3 heteroatoms.